The van der Waals surface area contributed by atoms with Gasteiger partial charge in [-0.15, -0.1) is 0 Å². The maximum Gasteiger partial charge on any atom is 0.252 e. The number of carbonyl (C=O) groups is 1. The van der Waals surface area contributed by atoms with Gasteiger partial charge in [0.1, 0.15) is 29.0 Å². The molecule has 11 heteroatoms. The Kier molecular flexibility index (Phi) is 7.54. The fourth-order valence-corrected chi connectivity index (χ4v) is 4.90. The van der Waals surface area contributed by atoms with Crippen LogP contribution in [0, 0.1) is 17.6 Å². The van der Waals surface area contributed by atoms with E-state index in [0.717, 1.165) is 30.5 Å². The van der Waals surface area contributed by atoms with Gasteiger partial charge in [-0.3, -0.25) is 4.79 Å². The molecule has 6 rings (SSSR count). The average molecular weight is 586 g/mol. The molecule has 220 valence electrons. The number of hydrogen-bond acceptors (Lipinski definition) is 7. The van der Waals surface area contributed by atoms with E-state index >= 15 is 0 Å². The Morgan fingerprint density at radius 1 is 1.07 bits per heavy atom. The van der Waals surface area contributed by atoms with E-state index in [1.807, 2.05) is 6.07 Å². The molecule has 0 spiro atoms. The molecular formula is C32H29F2N5O4. The van der Waals surface area contributed by atoms with Crippen LogP contribution in [0.15, 0.2) is 67.0 Å². The van der Waals surface area contributed by atoms with Crippen LogP contribution in [0.2, 0.25) is 0 Å². The number of aromatic nitrogens is 3. The Morgan fingerprint density at radius 2 is 1.86 bits per heavy atom. The second-order valence-electron chi connectivity index (χ2n) is 10.4. The van der Waals surface area contributed by atoms with Crippen LogP contribution < -0.4 is 20.1 Å². The van der Waals surface area contributed by atoms with E-state index in [0.29, 0.717) is 51.9 Å². The van der Waals surface area contributed by atoms with Gasteiger partial charge in [0.05, 0.1) is 54.2 Å². The maximum atomic E-state index is 14.8. The zero-order chi connectivity index (χ0) is 30.1. The fraction of sp³-hybridized carbons (Fsp3) is 0.219. The molecule has 1 fully saturated rings. The highest BCUT2D eigenvalue weighted by Crippen LogP contribution is 2.39. The van der Waals surface area contributed by atoms with Crippen LogP contribution in [0.25, 0.3) is 22.2 Å². The molecule has 1 amide bonds. The summed E-state index contributed by atoms with van der Waals surface area (Å²) in [6.07, 6.45) is 5.30. The van der Waals surface area contributed by atoms with E-state index < -0.39 is 11.6 Å². The Labute approximate surface area is 246 Å². The summed E-state index contributed by atoms with van der Waals surface area (Å²) in [6, 6.07) is 13.6. The third-order valence-corrected chi connectivity index (χ3v) is 7.41. The number of nitrogens with one attached hydrogen (secondary N) is 2. The van der Waals surface area contributed by atoms with Crippen molar-refractivity contribution in [3.05, 3.63) is 89.8 Å². The maximum absolute atomic E-state index is 14.8. The summed E-state index contributed by atoms with van der Waals surface area (Å²) in [6.45, 7) is 0.850. The second-order valence-corrected chi connectivity index (χ2v) is 10.4. The molecule has 0 aliphatic heterocycles. The van der Waals surface area contributed by atoms with Gasteiger partial charge < -0.3 is 29.8 Å². The standard InChI is InChI=1S/C32H29F2N5O4/c1-42-21-10-8-20(27(12-21)43-2)16-39-17-26-30(32(39)41)25(13-24(37-26)29-22(33)4-3-5-23(29)34)38-28-11-9-19(15-35-28)31(40)36-14-18-6-7-18/h3-5,8-13,15,17-18,41H,6-7,14,16H2,1-2H3,(H,35,38)(H,36,40). The molecule has 1 aliphatic carbocycles. The molecule has 9 nitrogen and oxygen atoms in total. The highest BCUT2D eigenvalue weighted by molar-refractivity contribution is 5.99. The minimum Gasteiger partial charge on any atom is -0.497 e. The van der Waals surface area contributed by atoms with E-state index in [1.54, 1.807) is 42.1 Å². The number of benzene rings is 2. The number of fused-ring (bicyclic) bond motifs is 1. The van der Waals surface area contributed by atoms with Crippen molar-refractivity contribution in [1.29, 1.82) is 0 Å². The van der Waals surface area contributed by atoms with Crippen LogP contribution in [0.1, 0.15) is 28.8 Å². The van der Waals surface area contributed by atoms with Gasteiger partial charge >= 0.3 is 0 Å². The predicted molar refractivity (Wildman–Crippen MR) is 158 cm³/mol. The van der Waals surface area contributed by atoms with Crippen LogP contribution in [0.3, 0.4) is 0 Å². The Morgan fingerprint density at radius 3 is 2.53 bits per heavy atom. The van der Waals surface area contributed by atoms with Gasteiger partial charge in [0, 0.05) is 30.6 Å². The number of rotatable bonds is 10. The van der Waals surface area contributed by atoms with E-state index in [9.17, 15) is 18.7 Å². The molecule has 0 unspecified atom stereocenters. The van der Waals surface area contributed by atoms with Gasteiger partial charge in [0.15, 0.2) is 0 Å². The number of ether oxygens (including phenoxy) is 2. The Bertz CT molecular complexity index is 1800. The highest BCUT2D eigenvalue weighted by atomic mass is 19.1. The molecule has 1 aliphatic rings. The first-order chi connectivity index (χ1) is 20.8. The van der Waals surface area contributed by atoms with Crippen molar-refractivity contribution in [2.75, 3.05) is 26.1 Å². The largest absolute Gasteiger partial charge is 0.497 e. The van der Waals surface area contributed by atoms with Gasteiger partial charge in [-0.2, -0.15) is 0 Å². The van der Waals surface area contributed by atoms with E-state index in [1.165, 1.54) is 25.4 Å². The number of nitrogens with zero attached hydrogens (tertiary/aromatic N) is 3. The molecule has 3 aromatic heterocycles. The molecule has 0 atom stereocenters. The van der Waals surface area contributed by atoms with Crippen molar-refractivity contribution >= 4 is 28.3 Å². The van der Waals surface area contributed by atoms with Gasteiger partial charge in [-0.05, 0) is 61.2 Å². The molecule has 0 saturated heterocycles. The lowest BCUT2D eigenvalue weighted by Gasteiger charge is -2.13. The van der Waals surface area contributed by atoms with Crippen LogP contribution in [0.4, 0.5) is 20.3 Å². The van der Waals surface area contributed by atoms with Crippen molar-refractivity contribution in [2.45, 2.75) is 19.4 Å². The number of carbonyl (C=O) groups excluding carboxylic acids is 1. The third-order valence-electron chi connectivity index (χ3n) is 7.41. The van der Waals surface area contributed by atoms with Crippen molar-refractivity contribution in [2.24, 2.45) is 5.92 Å². The second kappa shape index (κ2) is 11.6. The summed E-state index contributed by atoms with van der Waals surface area (Å²) in [5, 5.41) is 17.7. The zero-order valence-corrected chi connectivity index (χ0v) is 23.5. The molecule has 2 aromatic carbocycles. The zero-order valence-electron chi connectivity index (χ0n) is 23.5. The SMILES string of the molecule is COc1ccc(Cn2cc3nc(-c4c(F)cccc4F)cc(Nc4ccc(C(=O)NCC5CC5)cn4)c3c2O)c(OC)c1. The quantitative estimate of drug-likeness (QED) is 0.184. The van der Waals surface area contributed by atoms with Gasteiger partial charge in [0.2, 0.25) is 5.88 Å². The van der Waals surface area contributed by atoms with E-state index in [-0.39, 0.29) is 29.6 Å². The lowest BCUT2D eigenvalue weighted by Crippen LogP contribution is -2.25. The summed E-state index contributed by atoms with van der Waals surface area (Å²) >= 11 is 0. The average Bonchev–Trinajstić information content (AvgIpc) is 3.79. The molecule has 43 heavy (non-hydrogen) atoms. The molecule has 0 bridgehead atoms. The summed E-state index contributed by atoms with van der Waals surface area (Å²) in [5.74, 6) is 0.195. The Hall–Kier alpha value is -5.19. The van der Waals surface area contributed by atoms with Crippen LogP contribution in [-0.2, 0) is 6.54 Å². The molecule has 3 N–H and O–H groups in total. The number of methoxy groups -OCH3 is 2. The molecule has 3 heterocycles. The number of aromatic hydroxyl groups is 1. The molecule has 0 radical (unpaired) electrons. The molecule has 5 aromatic rings. The Balaban J connectivity index is 1.39. The van der Waals surface area contributed by atoms with Crippen molar-refractivity contribution in [3.63, 3.8) is 0 Å². The number of amides is 1. The predicted octanol–water partition coefficient (Wildman–Crippen LogP) is 6.03. The molecule has 1 saturated carbocycles. The minimum absolute atomic E-state index is 0.0286. The minimum atomic E-state index is -0.774. The topological polar surface area (TPSA) is 111 Å². The fourth-order valence-electron chi connectivity index (χ4n) is 4.90. The molecular weight excluding hydrogens is 556 g/mol. The monoisotopic (exact) mass is 585 g/mol. The lowest BCUT2D eigenvalue weighted by molar-refractivity contribution is 0.0951. The van der Waals surface area contributed by atoms with Gasteiger partial charge in [-0.25, -0.2) is 18.7 Å². The van der Waals surface area contributed by atoms with Gasteiger partial charge in [0.25, 0.3) is 5.91 Å². The summed E-state index contributed by atoms with van der Waals surface area (Å²) < 4.78 is 42.0. The van der Waals surface area contributed by atoms with Crippen LogP contribution >= 0.6 is 0 Å². The highest BCUT2D eigenvalue weighted by Gasteiger charge is 2.23. The van der Waals surface area contributed by atoms with Crippen molar-refractivity contribution < 1.29 is 28.2 Å². The van der Waals surface area contributed by atoms with E-state index in [2.05, 4.69) is 20.6 Å². The van der Waals surface area contributed by atoms with Gasteiger partial charge in [-0.1, -0.05) is 6.07 Å². The van der Waals surface area contributed by atoms with Crippen LogP contribution in [-0.4, -0.2) is 46.3 Å². The first kappa shape index (κ1) is 28.0. The van der Waals surface area contributed by atoms with Crippen molar-refractivity contribution in [3.8, 4) is 28.6 Å². The first-order valence-electron chi connectivity index (χ1n) is 13.7. The van der Waals surface area contributed by atoms with Crippen molar-refractivity contribution in [1.82, 2.24) is 19.9 Å². The summed E-state index contributed by atoms with van der Waals surface area (Å²) in [7, 11) is 3.10. The number of anilines is 2. The number of pyridine rings is 2. The van der Waals surface area contributed by atoms with Crippen LogP contribution in [0.5, 0.6) is 17.4 Å². The smallest absolute Gasteiger partial charge is 0.252 e. The summed E-state index contributed by atoms with van der Waals surface area (Å²) in [5.41, 5.74) is 1.50. The van der Waals surface area contributed by atoms with E-state index in [4.69, 9.17) is 9.47 Å². The third kappa shape index (κ3) is 5.78. The first-order valence-corrected chi connectivity index (χ1v) is 13.7. The lowest BCUT2D eigenvalue weighted by atomic mass is 10.1. The number of hydrogen-bond donors (Lipinski definition) is 3. The summed E-state index contributed by atoms with van der Waals surface area (Å²) in [4.78, 5) is 21.3. The normalized spacial score (nSPS) is 12.7. The number of halogens is 2.